The zero-order valence-electron chi connectivity index (χ0n) is 12.9. The molecule has 4 heteroatoms. The van der Waals surface area contributed by atoms with Gasteiger partial charge >= 0.3 is 0 Å². The van der Waals surface area contributed by atoms with E-state index in [1.807, 2.05) is 29.5 Å². The second kappa shape index (κ2) is 7.57. The Kier molecular flexibility index (Phi) is 5.76. The number of hydrogen-bond acceptors (Lipinski definition) is 3. The van der Waals surface area contributed by atoms with Crippen LogP contribution in [0, 0.1) is 11.7 Å². The van der Waals surface area contributed by atoms with Gasteiger partial charge in [0.2, 0.25) is 0 Å². The number of benzene rings is 1. The Morgan fingerprint density at radius 2 is 2.05 bits per heavy atom. The van der Waals surface area contributed by atoms with E-state index in [9.17, 15) is 4.39 Å². The van der Waals surface area contributed by atoms with Crippen LogP contribution in [0.5, 0.6) is 0 Å². The average molecular weight is 306 g/mol. The van der Waals surface area contributed by atoms with E-state index in [-0.39, 0.29) is 5.82 Å². The number of anilines is 1. The van der Waals surface area contributed by atoms with Gasteiger partial charge in [-0.25, -0.2) is 4.39 Å². The maximum Gasteiger partial charge on any atom is 0.146 e. The summed E-state index contributed by atoms with van der Waals surface area (Å²) in [4.78, 5) is 1.95. The third-order valence-corrected chi connectivity index (χ3v) is 4.04. The Hall–Kier alpha value is -1.39. The molecule has 0 aliphatic carbocycles. The monoisotopic (exact) mass is 306 g/mol. The van der Waals surface area contributed by atoms with Gasteiger partial charge in [-0.2, -0.15) is 11.3 Å². The van der Waals surface area contributed by atoms with Gasteiger partial charge in [-0.05, 0) is 52.5 Å². The normalized spacial score (nSPS) is 11.1. The topological polar surface area (TPSA) is 15.3 Å². The quantitative estimate of drug-likeness (QED) is 0.822. The minimum absolute atomic E-state index is 0.156. The van der Waals surface area contributed by atoms with Crippen LogP contribution in [0.2, 0.25) is 0 Å². The molecule has 1 aromatic carbocycles. The summed E-state index contributed by atoms with van der Waals surface area (Å²) in [6.45, 7) is 6.71. The standard InChI is InChI=1S/C17H23FN2S/c1-13(2)9-19-10-14-4-5-17(16(18)8-14)20(3)11-15-6-7-21-12-15/h4-8,12-13,19H,9-11H2,1-3H3. The van der Waals surface area contributed by atoms with E-state index in [1.165, 1.54) is 5.56 Å². The second-order valence-electron chi connectivity index (χ2n) is 5.80. The van der Waals surface area contributed by atoms with Crippen molar-refractivity contribution in [1.29, 1.82) is 0 Å². The number of thiophene rings is 1. The number of rotatable bonds is 7. The van der Waals surface area contributed by atoms with E-state index in [4.69, 9.17) is 0 Å². The lowest BCUT2D eigenvalue weighted by Crippen LogP contribution is -2.20. The summed E-state index contributed by atoms with van der Waals surface area (Å²) < 4.78 is 14.2. The largest absolute Gasteiger partial charge is 0.368 e. The fourth-order valence-electron chi connectivity index (χ4n) is 2.22. The SMILES string of the molecule is CC(C)CNCc1ccc(N(C)Cc2ccsc2)c(F)c1. The molecule has 0 amide bonds. The Labute approximate surface area is 130 Å². The van der Waals surface area contributed by atoms with Crippen LogP contribution in [0.1, 0.15) is 25.0 Å². The highest BCUT2D eigenvalue weighted by atomic mass is 32.1. The summed E-state index contributed by atoms with van der Waals surface area (Å²) in [5, 5.41) is 7.48. The van der Waals surface area contributed by atoms with Crippen molar-refractivity contribution < 1.29 is 4.39 Å². The van der Waals surface area contributed by atoms with Crippen molar-refractivity contribution in [2.75, 3.05) is 18.5 Å². The summed E-state index contributed by atoms with van der Waals surface area (Å²) in [6.07, 6.45) is 0. The molecular weight excluding hydrogens is 283 g/mol. The lowest BCUT2D eigenvalue weighted by atomic mass is 10.1. The molecule has 0 unspecified atom stereocenters. The molecule has 0 aliphatic rings. The van der Waals surface area contributed by atoms with Crippen LogP contribution in [-0.2, 0) is 13.1 Å². The van der Waals surface area contributed by atoms with Crippen molar-refractivity contribution in [1.82, 2.24) is 5.32 Å². The van der Waals surface area contributed by atoms with Gasteiger partial charge in [-0.3, -0.25) is 0 Å². The van der Waals surface area contributed by atoms with Gasteiger partial charge in [-0.1, -0.05) is 19.9 Å². The minimum atomic E-state index is -0.156. The molecule has 0 bridgehead atoms. The number of nitrogens with zero attached hydrogens (tertiary/aromatic N) is 1. The molecule has 2 aromatic rings. The molecule has 2 rings (SSSR count). The van der Waals surface area contributed by atoms with Crippen molar-refractivity contribution in [3.05, 3.63) is 52.0 Å². The molecule has 1 aromatic heterocycles. The van der Waals surface area contributed by atoms with Crippen molar-refractivity contribution >= 4 is 17.0 Å². The number of halogens is 1. The van der Waals surface area contributed by atoms with Crippen molar-refractivity contribution in [2.24, 2.45) is 5.92 Å². The lowest BCUT2D eigenvalue weighted by Gasteiger charge is -2.20. The Bertz CT molecular complexity index is 552. The molecule has 0 aliphatic heterocycles. The van der Waals surface area contributed by atoms with Crippen LogP contribution >= 0.6 is 11.3 Å². The molecule has 1 heterocycles. The van der Waals surface area contributed by atoms with Crippen LogP contribution in [-0.4, -0.2) is 13.6 Å². The highest BCUT2D eigenvalue weighted by molar-refractivity contribution is 7.07. The smallest absolute Gasteiger partial charge is 0.146 e. The Morgan fingerprint density at radius 1 is 1.24 bits per heavy atom. The maximum absolute atomic E-state index is 14.2. The summed E-state index contributed by atoms with van der Waals surface area (Å²) in [5.74, 6) is 0.447. The van der Waals surface area contributed by atoms with E-state index in [1.54, 1.807) is 17.4 Å². The van der Waals surface area contributed by atoms with Crippen LogP contribution in [0.4, 0.5) is 10.1 Å². The maximum atomic E-state index is 14.2. The number of hydrogen-bond donors (Lipinski definition) is 1. The van der Waals surface area contributed by atoms with Gasteiger partial charge in [0.15, 0.2) is 0 Å². The molecule has 114 valence electrons. The van der Waals surface area contributed by atoms with Crippen molar-refractivity contribution in [3.8, 4) is 0 Å². The molecule has 0 radical (unpaired) electrons. The van der Waals surface area contributed by atoms with Gasteiger partial charge in [0.25, 0.3) is 0 Å². The first-order valence-electron chi connectivity index (χ1n) is 7.27. The van der Waals surface area contributed by atoms with Crippen LogP contribution in [0.3, 0.4) is 0 Å². The second-order valence-corrected chi connectivity index (χ2v) is 6.58. The lowest BCUT2D eigenvalue weighted by molar-refractivity contribution is 0.550. The summed E-state index contributed by atoms with van der Waals surface area (Å²) in [5.41, 5.74) is 2.85. The average Bonchev–Trinajstić information content (AvgIpc) is 2.91. The third kappa shape index (κ3) is 4.83. The van der Waals surface area contributed by atoms with E-state index >= 15 is 0 Å². The minimum Gasteiger partial charge on any atom is -0.368 e. The summed E-state index contributed by atoms with van der Waals surface area (Å²) in [7, 11) is 1.92. The fraction of sp³-hybridized carbons (Fsp3) is 0.412. The Morgan fingerprint density at radius 3 is 2.67 bits per heavy atom. The van der Waals surface area contributed by atoms with E-state index < -0.39 is 0 Å². The Balaban J connectivity index is 1.98. The van der Waals surface area contributed by atoms with E-state index in [0.717, 1.165) is 18.7 Å². The third-order valence-electron chi connectivity index (χ3n) is 3.30. The molecule has 0 saturated carbocycles. The predicted octanol–water partition coefficient (Wildman–Crippen LogP) is 4.27. The van der Waals surface area contributed by atoms with Crippen molar-refractivity contribution in [3.63, 3.8) is 0 Å². The van der Waals surface area contributed by atoms with Gasteiger partial charge in [0.1, 0.15) is 5.82 Å². The molecule has 0 atom stereocenters. The molecule has 1 N–H and O–H groups in total. The zero-order chi connectivity index (χ0) is 15.2. The van der Waals surface area contributed by atoms with Crippen LogP contribution in [0.15, 0.2) is 35.0 Å². The molecule has 2 nitrogen and oxygen atoms in total. The van der Waals surface area contributed by atoms with E-state index in [0.29, 0.717) is 18.2 Å². The van der Waals surface area contributed by atoms with Gasteiger partial charge in [0.05, 0.1) is 5.69 Å². The molecule has 0 fully saturated rings. The summed E-state index contributed by atoms with van der Waals surface area (Å²) >= 11 is 1.67. The molecule has 0 saturated heterocycles. The van der Waals surface area contributed by atoms with Crippen molar-refractivity contribution in [2.45, 2.75) is 26.9 Å². The van der Waals surface area contributed by atoms with Crippen LogP contribution < -0.4 is 10.2 Å². The molecular formula is C17H23FN2S. The first kappa shape index (κ1) is 16.0. The van der Waals surface area contributed by atoms with Gasteiger partial charge in [-0.15, -0.1) is 0 Å². The van der Waals surface area contributed by atoms with E-state index in [2.05, 4.69) is 30.6 Å². The number of nitrogens with one attached hydrogen (secondary N) is 1. The molecule has 0 spiro atoms. The summed E-state index contributed by atoms with van der Waals surface area (Å²) in [6, 6.07) is 7.57. The van der Waals surface area contributed by atoms with Gasteiger partial charge in [0, 0.05) is 20.1 Å². The van der Waals surface area contributed by atoms with Crippen LogP contribution in [0.25, 0.3) is 0 Å². The zero-order valence-corrected chi connectivity index (χ0v) is 13.7. The molecule has 21 heavy (non-hydrogen) atoms. The first-order chi connectivity index (χ1) is 10.1. The highest BCUT2D eigenvalue weighted by Gasteiger charge is 2.09. The highest BCUT2D eigenvalue weighted by Crippen LogP contribution is 2.22. The predicted molar refractivity (Wildman–Crippen MR) is 89.4 cm³/mol. The van der Waals surface area contributed by atoms with Gasteiger partial charge < -0.3 is 10.2 Å². The fourth-order valence-corrected chi connectivity index (χ4v) is 2.88. The first-order valence-corrected chi connectivity index (χ1v) is 8.22.